The molecular formula is C12H21NO2S. The average molecular weight is 243 g/mol. The van der Waals surface area contributed by atoms with Crippen molar-refractivity contribution in [2.75, 3.05) is 5.75 Å². The van der Waals surface area contributed by atoms with Crippen molar-refractivity contribution in [3.63, 3.8) is 0 Å². The second-order valence-corrected chi connectivity index (χ2v) is 7.60. The number of hydrogen-bond acceptors (Lipinski definition) is 3. The summed E-state index contributed by atoms with van der Waals surface area (Å²) in [6.45, 7) is 6.86. The standard InChI is InChI=1S/C12H21NO2S/c1-8-4-11(2,3)7-12(5-8)13-9(6-16-12)10(14)15/h8-9,13H,4-7H2,1-3H3,(H,14,15)/t8?,9-,12?/m1/s1. The maximum absolute atomic E-state index is 11.0. The van der Waals surface area contributed by atoms with Crippen LogP contribution in [-0.4, -0.2) is 27.7 Å². The van der Waals surface area contributed by atoms with Crippen LogP contribution >= 0.6 is 11.8 Å². The van der Waals surface area contributed by atoms with Gasteiger partial charge in [0, 0.05) is 5.75 Å². The molecule has 3 atom stereocenters. The zero-order chi connectivity index (χ0) is 12.0. The van der Waals surface area contributed by atoms with E-state index in [0.717, 1.165) is 12.8 Å². The third-order valence-corrected chi connectivity index (χ3v) is 5.09. The lowest BCUT2D eigenvalue weighted by atomic mass is 9.70. The first-order valence-electron chi connectivity index (χ1n) is 5.96. The Labute approximate surface area is 101 Å². The second-order valence-electron chi connectivity index (χ2n) is 6.19. The molecule has 1 aliphatic carbocycles. The van der Waals surface area contributed by atoms with Crippen molar-refractivity contribution in [3.8, 4) is 0 Å². The molecule has 0 aromatic rings. The third kappa shape index (κ3) is 2.38. The summed E-state index contributed by atoms with van der Waals surface area (Å²) in [6.07, 6.45) is 3.43. The summed E-state index contributed by atoms with van der Waals surface area (Å²) in [7, 11) is 0. The molecule has 1 saturated heterocycles. The van der Waals surface area contributed by atoms with Crippen LogP contribution in [-0.2, 0) is 4.79 Å². The van der Waals surface area contributed by atoms with Crippen molar-refractivity contribution in [2.24, 2.45) is 11.3 Å². The Morgan fingerprint density at radius 1 is 1.44 bits per heavy atom. The van der Waals surface area contributed by atoms with Crippen molar-refractivity contribution in [1.29, 1.82) is 0 Å². The van der Waals surface area contributed by atoms with Crippen LogP contribution in [0.25, 0.3) is 0 Å². The van der Waals surface area contributed by atoms with Gasteiger partial charge >= 0.3 is 5.97 Å². The van der Waals surface area contributed by atoms with Gasteiger partial charge in [-0.1, -0.05) is 20.8 Å². The molecule has 1 saturated carbocycles. The SMILES string of the molecule is CC1CC(C)(C)CC2(C1)N[C@@H](C(=O)O)CS2. The number of carboxylic acids is 1. The minimum Gasteiger partial charge on any atom is -0.480 e. The molecule has 0 bridgehead atoms. The first-order chi connectivity index (χ1) is 7.32. The lowest BCUT2D eigenvalue weighted by Crippen LogP contribution is -2.51. The van der Waals surface area contributed by atoms with Gasteiger partial charge in [-0.2, -0.15) is 0 Å². The molecule has 0 radical (unpaired) electrons. The Morgan fingerprint density at radius 2 is 2.12 bits per heavy atom. The molecule has 1 spiro atoms. The number of carbonyl (C=O) groups is 1. The molecule has 92 valence electrons. The Morgan fingerprint density at radius 3 is 2.62 bits per heavy atom. The van der Waals surface area contributed by atoms with E-state index in [-0.39, 0.29) is 10.9 Å². The fourth-order valence-electron chi connectivity index (χ4n) is 3.49. The van der Waals surface area contributed by atoms with Gasteiger partial charge in [0.25, 0.3) is 0 Å². The van der Waals surface area contributed by atoms with Gasteiger partial charge in [-0.3, -0.25) is 10.1 Å². The van der Waals surface area contributed by atoms with Crippen LogP contribution in [0.1, 0.15) is 40.0 Å². The third-order valence-electron chi connectivity index (χ3n) is 3.61. The topological polar surface area (TPSA) is 49.3 Å². The summed E-state index contributed by atoms with van der Waals surface area (Å²) in [5.74, 6) is 0.676. The van der Waals surface area contributed by atoms with E-state index in [1.807, 2.05) is 11.8 Å². The molecule has 4 heteroatoms. The van der Waals surface area contributed by atoms with E-state index in [0.29, 0.717) is 17.1 Å². The number of thioether (sulfide) groups is 1. The van der Waals surface area contributed by atoms with Gasteiger partial charge in [0.2, 0.25) is 0 Å². The van der Waals surface area contributed by atoms with Crippen molar-refractivity contribution < 1.29 is 9.90 Å². The molecule has 2 N–H and O–H groups in total. The molecule has 2 fully saturated rings. The van der Waals surface area contributed by atoms with E-state index < -0.39 is 5.97 Å². The summed E-state index contributed by atoms with van der Waals surface area (Å²) in [4.78, 5) is 11.0. The molecule has 1 aliphatic heterocycles. The van der Waals surface area contributed by atoms with E-state index in [1.54, 1.807) is 0 Å². The van der Waals surface area contributed by atoms with Gasteiger partial charge in [0.1, 0.15) is 6.04 Å². The number of nitrogens with one attached hydrogen (secondary N) is 1. The van der Waals surface area contributed by atoms with E-state index in [2.05, 4.69) is 26.1 Å². The van der Waals surface area contributed by atoms with Gasteiger partial charge in [-0.05, 0) is 30.6 Å². The first-order valence-corrected chi connectivity index (χ1v) is 6.95. The number of carboxylic acid groups (broad SMARTS) is 1. The van der Waals surface area contributed by atoms with Crippen LogP contribution in [0, 0.1) is 11.3 Å². The van der Waals surface area contributed by atoms with Crippen LogP contribution in [0.5, 0.6) is 0 Å². The molecule has 3 nitrogen and oxygen atoms in total. The fraction of sp³-hybridized carbons (Fsp3) is 0.917. The largest absolute Gasteiger partial charge is 0.480 e. The van der Waals surface area contributed by atoms with Crippen LogP contribution in [0.4, 0.5) is 0 Å². The quantitative estimate of drug-likeness (QED) is 0.742. The van der Waals surface area contributed by atoms with Gasteiger partial charge in [-0.15, -0.1) is 11.8 Å². The minimum absolute atomic E-state index is 0.0181. The molecule has 0 aromatic carbocycles. The van der Waals surface area contributed by atoms with Crippen molar-refractivity contribution in [2.45, 2.75) is 50.9 Å². The highest BCUT2D eigenvalue weighted by molar-refractivity contribution is 8.01. The van der Waals surface area contributed by atoms with Gasteiger partial charge < -0.3 is 5.11 Å². The van der Waals surface area contributed by atoms with E-state index in [9.17, 15) is 4.79 Å². The molecule has 1 heterocycles. The highest BCUT2D eigenvalue weighted by Gasteiger charge is 2.48. The lowest BCUT2D eigenvalue weighted by molar-refractivity contribution is -0.139. The summed E-state index contributed by atoms with van der Waals surface area (Å²) >= 11 is 1.82. The zero-order valence-electron chi connectivity index (χ0n) is 10.2. The van der Waals surface area contributed by atoms with Crippen LogP contribution in [0.2, 0.25) is 0 Å². The highest BCUT2D eigenvalue weighted by Crippen LogP contribution is 2.51. The Balaban J connectivity index is 2.11. The lowest BCUT2D eigenvalue weighted by Gasteiger charge is -2.45. The normalized spacial score (nSPS) is 42.4. The maximum Gasteiger partial charge on any atom is 0.321 e. The highest BCUT2D eigenvalue weighted by atomic mass is 32.2. The molecular weight excluding hydrogens is 222 g/mol. The number of rotatable bonds is 1. The van der Waals surface area contributed by atoms with Gasteiger partial charge in [0.05, 0.1) is 4.87 Å². The maximum atomic E-state index is 11.0. The minimum atomic E-state index is -0.708. The summed E-state index contributed by atoms with van der Waals surface area (Å²) in [5.41, 5.74) is 0.324. The summed E-state index contributed by atoms with van der Waals surface area (Å²) < 4.78 is 0. The number of aliphatic carboxylic acids is 1. The van der Waals surface area contributed by atoms with Crippen molar-refractivity contribution in [3.05, 3.63) is 0 Å². The Kier molecular flexibility index (Phi) is 2.99. The average Bonchev–Trinajstić information content (AvgIpc) is 2.44. The molecule has 0 aromatic heterocycles. The predicted molar refractivity (Wildman–Crippen MR) is 66.5 cm³/mol. The van der Waals surface area contributed by atoms with Crippen molar-refractivity contribution >= 4 is 17.7 Å². The Hall–Kier alpha value is -0.220. The van der Waals surface area contributed by atoms with Crippen molar-refractivity contribution in [1.82, 2.24) is 5.32 Å². The Bertz CT molecular complexity index is 305. The van der Waals surface area contributed by atoms with Crippen LogP contribution in [0.3, 0.4) is 0 Å². The second kappa shape index (κ2) is 3.91. The molecule has 2 unspecified atom stereocenters. The van der Waals surface area contributed by atoms with Crippen LogP contribution < -0.4 is 5.32 Å². The van der Waals surface area contributed by atoms with Gasteiger partial charge in [-0.25, -0.2) is 0 Å². The smallest absolute Gasteiger partial charge is 0.321 e. The first kappa shape index (κ1) is 12.2. The zero-order valence-corrected chi connectivity index (χ0v) is 11.1. The fourth-order valence-corrected chi connectivity index (χ4v) is 5.32. The van der Waals surface area contributed by atoms with E-state index in [4.69, 9.17) is 5.11 Å². The molecule has 2 aliphatic rings. The number of hydrogen-bond donors (Lipinski definition) is 2. The molecule has 2 rings (SSSR count). The predicted octanol–water partition coefficient (Wildman–Crippen LogP) is 2.32. The summed E-state index contributed by atoms with van der Waals surface area (Å²) in [5, 5.41) is 12.4. The molecule has 0 amide bonds. The monoisotopic (exact) mass is 243 g/mol. The molecule has 16 heavy (non-hydrogen) atoms. The summed E-state index contributed by atoms with van der Waals surface area (Å²) in [6, 6.07) is -0.355. The van der Waals surface area contributed by atoms with Gasteiger partial charge in [0.15, 0.2) is 0 Å². The van der Waals surface area contributed by atoms with Crippen LogP contribution in [0.15, 0.2) is 0 Å². The van der Waals surface area contributed by atoms with E-state index >= 15 is 0 Å². The van der Waals surface area contributed by atoms with E-state index in [1.165, 1.54) is 6.42 Å².